The standard InChI is InChI=1S/C7H11BrN2O2/c8-4-6(11)10-5-2-1-3-9-7(5)12/h5H,1-4H2,(H,9,12)(H,10,11). The van der Waals surface area contributed by atoms with Crippen LogP contribution >= 0.6 is 15.9 Å². The van der Waals surface area contributed by atoms with E-state index in [0.29, 0.717) is 0 Å². The molecule has 0 saturated carbocycles. The molecule has 0 aromatic rings. The molecule has 0 radical (unpaired) electrons. The number of piperidine rings is 1. The first kappa shape index (κ1) is 9.51. The summed E-state index contributed by atoms with van der Waals surface area (Å²) in [5.41, 5.74) is 0. The summed E-state index contributed by atoms with van der Waals surface area (Å²) in [4.78, 5) is 22.0. The first-order valence-corrected chi connectivity index (χ1v) is 4.99. The van der Waals surface area contributed by atoms with Gasteiger partial charge in [-0.2, -0.15) is 0 Å². The number of hydrogen-bond acceptors (Lipinski definition) is 2. The smallest absolute Gasteiger partial charge is 0.242 e. The molecule has 1 atom stereocenters. The third-order valence-corrected chi connectivity index (χ3v) is 2.25. The highest BCUT2D eigenvalue weighted by atomic mass is 79.9. The van der Waals surface area contributed by atoms with E-state index in [1.54, 1.807) is 0 Å². The van der Waals surface area contributed by atoms with Crippen molar-refractivity contribution >= 4 is 27.7 Å². The second-order valence-corrected chi connectivity index (χ2v) is 3.25. The largest absolute Gasteiger partial charge is 0.354 e. The van der Waals surface area contributed by atoms with Gasteiger partial charge >= 0.3 is 0 Å². The van der Waals surface area contributed by atoms with Crippen molar-refractivity contribution in [3.63, 3.8) is 0 Å². The summed E-state index contributed by atoms with van der Waals surface area (Å²) in [6.07, 6.45) is 1.67. The van der Waals surface area contributed by atoms with E-state index in [-0.39, 0.29) is 23.2 Å². The number of carbonyl (C=O) groups is 2. The van der Waals surface area contributed by atoms with Crippen LogP contribution in [0.25, 0.3) is 0 Å². The van der Waals surface area contributed by atoms with E-state index in [2.05, 4.69) is 26.6 Å². The number of rotatable bonds is 2. The Balaban J connectivity index is 2.39. The quantitative estimate of drug-likeness (QED) is 0.650. The zero-order chi connectivity index (χ0) is 8.97. The third kappa shape index (κ3) is 2.48. The Kier molecular flexibility index (Phi) is 3.52. The van der Waals surface area contributed by atoms with Crippen LogP contribution in [0.2, 0.25) is 0 Å². The molecule has 0 aromatic carbocycles. The van der Waals surface area contributed by atoms with Crippen molar-refractivity contribution in [1.29, 1.82) is 0 Å². The number of nitrogens with one attached hydrogen (secondary N) is 2. The van der Waals surface area contributed by atoms with Crippen LogP contribution in [0.4, 0.5) is 0 Å². The predicted molar refractivity (Wildman–Crippen MR) is 48.0 cm³/mol. The summed E-state index contributed by atoms with van der Waals surface area (Å²) in [6.45, 7) is 0.722. The van der Waals surface area contributed by atoms with Gasteiger partial charge in [-0.15, -0.1) is 0 Å². The summed E-state index contributed by atoms with van der Waals surface area (Å²) in [5, 5.41) is 5.56. The van der Waals surface area contributed by atoms with Crippen molar-refractivity contribution in [3.8, 4) is 0 Å². The van der Waals surface area contributed by atoms with E-state index < -0.39 is 0 Å². The minimum atomic E-state index is -0.330. The Bertz CT molecular complexity index is 196. The fourth-order valence-corrected chi connectivity index (χ4v) is 1.30. The van der Waals surface area contributed by atoms with Gasteiger partial charge in [-0.05, 0) is 12.8 Å². The molecule has 1 aliphatic heterocycles. The highest BCUT2D eigenvalue weighted by Crippen LogP contribution is 2.02. The van der Waals surface area contributed by atoms with Crippen LogP contribution in [0.3, 0.4) is 0 Å². The lowest BCUT2D eigenvalue weighted by atomic mass is 10.1. The Hall–Kier alpha value is -0.580. The van der Waals surface area contributed by atoms with Crippen LogP contribution in [0.15, 0.2) is 0 Å². The van der Waals surface area contributed by atoms with Crippen molar-refractivity contribution in [1.82, 2.24) is 10.6 Å². The zero-order valence-electron chi connectivity index (χ0n) is 6.60. The van der Waals surface area contributed by atoms with Crippen molar-refractivity contribution in [2.75, 3.05) is 11.9 Å². The van der Waals surface area contributed by atoms with E-state index in [1.807, 2.05) is 0 Å². The van der Waals surface area contributed by atoms with Gasteiger partial charge in [0.1, 0.15) is 6.04 Å². The van der Waals surface area contributed by atoms with Gasteiger partial charge in [-0.25, -0.2) is 0 Å². The molecule has 1 saturated heterocycles. The maximum Gasteiger partial charge on any atom is 0.242 e. The summed E-state index contributed by atoms with van der Waals surface area (Å²) in [5.74, 6) is -0.215. The molecule has 0 aliphatic carbocycles. The second-order valence-electron chi connectivity index (χ2n) is 2.69. The van der Waals surface area contributed by atoms with Crippen molar-refractivity contribution in [2.24, 2.45) is 0 Å². The molecule has 1 rings (SSSR count). The average Bonchev–Trinajstić information content (AvgIpc) is 2.09. The van der Waals surface area contributed by atoms with Gasteiger partial charge in [-0.1, -0.05) is 15.9 Å². The van der Waals surface area contributed by atoms with Crippen LogP contribution in [-0.4, -0.2) is 29.7 Å². The molecule has 12 heavy (non-hydrogen) atoms. The molecular formula is C7H11BrN2O2. The fraction of sp³-hybridized carbons (Fsp3) is 0.714. The molecule has 2 N–H and O–H groups in total. The molecular weight excluding hydrogens is 224 g/mol. The molecule has 1 aliphatic rings. The zero-order valence-corrected chi connectivity index (χ0v) is 8.19. The van der Waals surface area contributed by atoms with Gasteiger partial charge in [0, 0.05) is 6.54 Å². The predicted octanol–water partition coefficient (Wildman–Crippen LogP) is -0.224. The maximum atomic E-state index is 11.1. The van der Waals surface area contributed by atoms with Gasteiger partial charge in [0.05, 0.1) is 5.33 Å². The lowest BCUT2D eigenvalue weighted by molar-refractivity contribution is -0.129. The Morgan fingerprint density at radius 1 is 1.75 bits per heavy atom. The number of hydrogen-bond donors (Lipinski definition) is 2. The normalized spacial score (nSPS) is 23.1. The van der Waals surface area contributed by atoms with Crippen molar-refractivity contribution < 1.29 is 9.59 Å². The maximum absolute atomic E-state index is 11.1. The van der Waals surface area contributed by atoms with Crippen LogP contribution in [0.1, 0.15) is 12.8 Å². The third-order valence-electron chi connectivity index (χ3n) is 1.74. The van der Waals surface area contributed by atoms with E-state index in [0.717, 1.165) is 19.4 Å². The summed E-state index contributed by atoms with van der Waals surface area (Å²) in [6, 6.07) is -0.330. The summed E-state index contributed by atoms with van der Waals surface area (Å²) < 4.78 is 0. The van der Waals surface area contributed by atoms with Crippen LogP contribution in [-0.2, 0) is 9.59 Å². The first-order valence-electron chi connectivity index (χ1n) is 3.87. The molecule has 0 spiro atoms. The van der Waals surface area contributed by atoms with Crippen molar-refractivity contribution in [3.05, 3.63) is 0 Å². The van der Waals surface area contributed by atoms with Gasteiger partial charge in [0.2, 0.25) is 11.8 Å². The SMILES string of the molecule is O=C(CBr)NC1CCCNC1=O. The average molecular weight is 235 g/mol. The van der Waals surface area contributed by atoms with Crippen LogP contribution < -0.4 is 10.6 Å². The Labute approximate surface area is 79.2 Å². The highest BCUT2D eigenvalue weighted by molar-refractivity contribution is 9.09. The minimum absolute atomic E-state index is 0.0736. The van der Waals surface area contributed by atoms with Crippen LogP contribution in [0, 0.1) is 0 Å². The summed E-state index contributed by atoms with van der Waals surface area (Å²) >= 11 is 3.02. The molecule has 0 bridgehead atoms. The highest BCUT2D eigenvalue weighted by Gasteiger charge is 2.22. The number of amides is 2. The van der Waals surface area contributed by atoms with Crippen molar-refractivity contribution in [2.45, 2.75) is 18.9 Å². The number of alkyl halides is 1. The van der Waals surface area contributed by atoms with E-state index in [4.69, 9.17) is 0 Å². The Morgan fingerprint density at radius 2 is 2.50 bits per heavy atom. The summed E-state index contributed by atoms with van der Waals surface area (Å²) in [7, 11) is 0. The molecule has 5 heteroatoms. The first-order chi connectivity index (χ1) is 5.74. The minimum Gasteiger partial charge on any atom is -0.354 e. The van der Waals surface area contributed by atoms with E-state index >= 15 is 0 Å². The molecule has 4 nitrogen and oxygen atoms in total. The van der Waals surface area contributed by atoms with Crippen LogP contribution in [0.5, 0.6) is 0 Å². The fourth-order valence-electron chi connectivity index (χ4n) is 1.14. The lowest BCUT2D eigenvalue weighted by Crippen LogP contribution is -2.50. The van der Waals surface area contributed by atoms with Gasteiger partial charge in [-0.3, -0.25) is 9.59 Å². The van der Waals surface area contributed by atoms with Gasteiger partial charge in [0.25, 0.3) is 0 Å². The monoisotopic (exact) mass is 234 g/mol. The molecule has 1 fully saturated rings. The molecule has 68 valence electrons. The second kappa shape index (κ2) is 4.45. The number of carbonyl (C=O) groups excluding carboxylic acids is 2. The Morgan fingerprint density at radius 3 is 3.08 bits per heavy atom. The lowest BCUT2D eigenvalue weighted by Gasteiger charge is -2.22. The van der Waals surface area contributed by atoms with Gasteiger partial charge < -0.3 is 10.6 Å². The van der Waals surface area contributed by atoms with E-state index in [1.165, 1.54) is 0 Å². The number of halogens is 1. The van der Waals surface area contributed by atoms with Gasteiger partial charge in [0.15, 0.2) is 0 Å². The molecule has 1 unspecified atom stereocenters. The molecule has 2 amide bonds. The topological polar surface area (TPSA) is 58.2 Å². The molecule has 1 heterocycles. The van der Waals surface area contributed by atoms with E-state index in [9.17, 15) is 9.59 Å². The molecule has 0 aromatic heterocycles.